The quantitative estimate of drug-likeness (QED) is 0.0632. The van der Waals surface area contributed by atoms with Crippen molar-refractivity contribution in [2.45, 2.75) is 120 Å². The number of hydrogen-bond acceptors (Lipinski definition) is 16. The van der Waals surface area contributed by atoms with Gasteiger partial charge in [-0.15, -0.1) is 0 Å². The average Bonchev–Trinajstić information content (AvgIpc) is 3.07. The molecule has 19 heteroatoms. The number of amides is 3. The van der Waals surface area contributed by atoms with E-state index in [1.807, 2.05) is 13.8 Å². The van der Waals surface area contributed by atoms with Crippen molar-refractivity contribution in [3.63, 3.8) is 0 Å². The molecular weight excluding hydrogens is 694 g/mol. The Kier molecular flexibility index (Phi) is 18.0. The molecule has 3 fully saturated rings. The first-order valence-electron chi connectivity index (χ1n) is 17.7. The van der Waals surface area contributed by atoms with Gasteiger partial charge in [0, 0.05) is 39.2 Å². The number of rotatable bonds is 18. The van der Waals surface area contributed by atoms with Crippen molar-refractivity contribution in [1.82, 2.24) is 16.0 Å². The van der Waals surface area contributed by atoms with E-state index in [4.69, 9.17) is 28.4 Å². The third-order valence-electron chi connectivity index (χ3n) is 9.60. The lowest BCUT2D eigenvalue weighted by molar-refractivity contribution is -0.249. The lowest BCUT2D eigenvalue weighted by Gasteiger charge is -2.47. The molecular formula is C33H59N3O16. The molecule has 3 aliphatic rings. The highest BCUT2D eigenvalue weighted by Crippen LogP contribution is 2.32. The average molecular weight is 754 g/mol. The highest BCUT2D eigenvalue weighted by atomic mass is 16.6. The van der Waals surface area contributed by atoms with E-state index in [1.54, 1.807) is 0 Å². The number of carbonyl (C=O) groups is 3. The highest BCUT2D eigenvalue weighted by Gasteiger charge is 2.49. The molecule has 3 aliphatic heterocycles. The van der Waals surface area contributed by atoms with E-state index < -0.39 is 129 Å². The number of ether oxygens (including phenoxy) is 6. The minimum atomic E-state index is -1.57. The van der Waals surface area contributed by atoms with Crippen LogP contribution in [-0.4, -0.2) is 186 Å². The van der Waals surface area contributed by atoms with Crippen LogP contribution in [-0.2, 0) is 42.8 Å². The number of aliphatic hydroxyl groups is 7. The van der Waals surface area contributed by atoms with Crippen LogP contribution in [0.15, 0.2) is 0 Å². The Hall–Kier alpha value is -2.11. The third-order valence-corrected chi connectivity index (χ3v) is 9.60. The van der Waals surface area contributed by atoms with E-state index in [1.165, 1.54) is 20.8 Å². The van der Waals surface area contributed by atoms with Crippen molar-refractivity contribution in [2.75, 3.05) is 52.9 Å². The first-order chi connectivity index (χ1) is 24.6. The topological polar surface area (TPSA) is 284 Å². The highest BCUT2D eigenvalue weighted by molar-refractivity contribution is 5.74. The summed E-state index contributed by atoms with van der Waals surface area (Å²) in [5, 5.41) is 80.2. The fourth-order valence-corrected chi connectivity index (χ4v) is 6.88. The van der Waals surface area contributed by atoms with Gasteiger partial charge >= 0.3 is 0 Å². The van der Waals surface area contributed by atoms with E-state index in [0.717, 1.165) is 0 Å². The lowest BCUT2D eigenvalue weighted by Crippen LogP contribution is -2.66. The predicted molar refractivity (Wildman–Crippen MR) is 178 cm³/mol. The molecule has 3 saturated heterocycles. The third kappa shape index (κ3) is 11.9. The first-order valence-corrected chi connectivity index (χ1v) is 17.7. The molecule has 0 radical (unpaired) electrons. The molecule has 0 bridgehead atoms. The van der Waals surface area contributed by atoms with Crippen molar-refractivity contribution < 1.29 is 78.6 Å². The molecule has 19 nitrogen and oxygen atoms in total. The Balaban J connectivity index is 1.80. The number of nitrogens with one attached hydrogen (secondary N) is 3. The molecule has 3 amide bonds. The van der Waals surface area contributed by atoms with Crippen LogP contribution in [0, 0.1) is 17.8 Å². The standard InChI is InChI=1S/C33H59N3O16/c1-15(2)6-7-49-32-20(12-48-13-24-26(34-16(3)40)31(45)30(44)23(10-39)51-24)22(9-38)50-25(27(32)35-17(4)41)14-47-11-19-21(8-37)52-33(46)28(29(19)43)36-18(5)42/h15,19-33,37-39,43-46H,6-14H2,1-5H3,(H,34,40)(H,35,41)(H,36,42)/t19-,20-,21?,22?,23?,24+,25+,26?,27?,28?,29+,30-,31-,32+,33-/m1/s1. The van der Waals surface area contributed by atoms with E-state index in [2.05, 4.69) is 16.0 Å². The molecule has 0 aromatic rings. The van der Waals surface area contributed by atoms with Gasteiger partial charge in [0.1, 0.15) is 36.6 Å². The molecule has 0 aliphatic carbocycles. The van der Waals surface area contributed by atoms with E-state index in [9.17, 15) is 50.1 Å². The van der Waals surface area contributed by atoms with Crippen LogP contribution >= 0.6 is 0 Å². The maximum Gasteiger partial charge on any atom is 0.217 e. The summed E-state index contributed by atoms with van der Waals surface area (Å²) in [6, 6.07) is -3.07. The second-order valence-electron chi connectivity index (χ2n) is 14.1. The SMILES string of the molecule is CC(=O)NC1[C@H](COC[C@@H]2C(CO)O[C@@H](COC[C@@H]3C(CO)O[C@@H](O)C(NC(C)=O)[C@H]3O)C(NC(C)=O)[C@H]2OCCC(C)C)OC(CO)[C@@H](O)[C@@H]1O. The molecule has 0 aromatic carbocycles. The molecule has 10 N–H and O–H groups in total. The molecule has 302 valence electrons. The minimum Gasteiger partial charge on any atom is -0.394 e. The van der Waals surface area contributed by atoms with Crippen LogP contribution in [0.2, 0.25) is 0 Å². The van der Waals surface area contributed by atoms with Gasteiger partial charge in [-0.05, 0) is 12.3 Å². The van der Waals surface area contributed by atoms with E-state index in [-0.39, 0.29) is 39.0 Å². The minimum absolute atomic E-state index is 0.104. The van der Waals surface area contributed by atoms with Crippen molar-refractivity contribution in [3.8, 4) is 0 Å². The van der Waals surface area contributed by atoms with Gasteiger partial charge in [-0.1, -0.05) is 13.8 Å². The van der Waals surface area contributed by atoms with Crippen molar-refractivity contribution in [2.24, 2.45) is 17.8 Å². The van der Waals surface area contributed by atoms with Crippen LogP contribution in [0.25, 0.3) is 0 Å². The molecule has 3 heterocycles. The zero-order chi connectivity index (χ0) is 38.7. The van der Waals surface area contributed by atoms with Gasteiger partial charge in [-0.2, -0.15) is 0 Å². The van der Waals surface area contributed by atoms with Gasteiger partial charge in [-0.3, -0.25) is 14.4 Å². The Morgan fingerprint density at radius 3 is 1.62 bits per heavy atom. The van der Waals surface area contributed by atoms with Gasteiger partial charge in [0.25, 0.3) is 0 Å². The summed E-state index contributed by atoms with van der Waals surface area (Å²) >= 11 is 0. The van der Waals surface area contributed by atoms with Crippen LogP contribution in [0.5, 0.6) is 0 Å². The Morgan fingerprint density at radius 1 is 0.596 bits per heavy atom. The Bertz CT molecular complexity index is 1120. The molecule has 6 unspecified atom stereocenters. The summed E-state index contributed by atoms with van der Waals surface area (Å²) in [7, 11) is 0. The van der Waals surface area contributed by atoms with E-state index >= 15 is 0 Å². The molecule has 52 heavy (non-hydrogen) atoms. The van der Waals surface area contributed by atoms with Crippen LogP contribution in [0.4, 0.5) is 0 Å². The van der Waals surface area contributed by atoms with Gasteiger partial charge in [-0.25, -0.2) is 0 Å². The zero-order valence-electron chi connectivity index (χ0n) is 30.4. The van der Waals surface area contributed by atoms with Gasteiger partial charge < -0.3 is 80.1 Å². The lowest BCUT2D eigenvalue weighted by atomic mass is 9.85. The largest absolute Gasteiger partial charge is 0.394 e. The summed E-state index contributed by atoms with van der Waals surface area (Å²) < 4.78 is 35.9. The second-order valence-corrected chi connectivity index (χ2v) is 14.1. The molecule has 0 saturated carbocycles. The summed E-state index contributed by atoms with van der Waals surface area (Å²) in [5.74, 6) is -2.68. The maximum absolute atomic E-state index is 12.5. The monoisotopic (exact) mass is 753 g/mol. The smallest absolute Gasteiger partial charge is 0.217 e. The molecule has 3 rings (SSSR count). The summed E-state index contributed by atoms with van der Waals surface area (Å²) in [6.07, 6.45) is -10.9. The van der Waals surface area contributed by atoms with Crippen molar-refractivity contribution >= 4 is 17.7 Å². The number of carbonyl (C=O) groups excluding carboxylic acids is 3. The first kappa shape index (κ1) is 44.3. The normalized spacial score (nSPS) is 38.1. The fraction of sp³-hybridized carbons (Fsp3) is 0.909. The summed E-state index contributed by atoms with van der Waals surface area (Å²) in [4.78, 5) is 36.1. The molecule has 0 aromatic heterocycles. The Morgan fingerprint density at radius 2 is 1.08 bits per heavy atom. The van der Waals surface area contributed by atoms with Gasteiger partial charge in [0.15, 0.2) is 6.29 Å². The van der Waals surface area contributed by atoms with Gasteiger partial charge in [0.05, 0.1) is 82.7 Å². The van der Waals surface area contributed by atoms with Crippen LogP contribution in [0.1, 0.15) is 41.0 Å². The van der Waals surface area contributed by atoms with E-state index in [0.29, 0.717) is 6.42 Å². The van der Waals surface area contributed by atoms with Crippen LogP contribution in [0.3, 0.4) is 0 Å². The fourth-order valence-electron chi connectivity index (χ4n) is 6.88. The molecule has 15 atom stereocenters. The second kappa shape index (κ2) is 21.1. The predicted octanol–water partition coefficient (Wildman–Crippen LogP) is -4.49. The molecule has 0 spiro atoms. The number of hydrogen-bond donors (Lipinski definition) is 10. The summed E-state index contributed by atoms with van der Waals surface area (Å²) in [5.41, 5.74) is 0. The zero-order valence-corrected chi connectivity index (χ0v) is 30.4. The van der Waals surface area contributed by atoms with Crippen molar-refractivity contribution in [1.29, 1.82) is 0 Å². The van der Waals surface area contributed by atoms with Crippen LogP contribution < -0.4 is 16.0 Å². The maximum atomic E-state index is 12.5. The summed E-state index contributed by atoms with van der Waals surface area (Å²) in [6.45, 7) is 5.79. The Labute approximate surface area is 303 Å². The number of aliphatic hydroxyl groups excluding tert-OH is 7. The van der Waals surface area contributed by atoms with Gasteiger partial charge in [0.2, 0.25) is 17.7 Å². The van der Waals surface area contributed by atoms with Crippen molar-refractivity contribution in [3.05, 3.63) is 0 Å².